The van der Waals surface area contributed by atoms with Gasteiger partial charge in [-0.25, -0.2) is 9.97 Å². The molecule has 4 heterocycles. The van der Waals surface area contributed by atoms with Crippen LogP contribution in [0.2, 0.25) is 0 Å². The topological polar surface area (TPSA) is 101 Å². The van der Waals surface area contributed by atoms with E-state index in [1.807, 2.05) is 18.2 Å². The van der Waals surface area contributed by atoms with Crippen LogP contribution in [0.15, 0.2) is 47.6 Å². The number of fused-ring (bicyclic) bond motifs is 2. The summed E-state index contributed by atoms with van der Waals surface area (Å²) in [6.07, 6.45) is 5.16. The van der Waals surface area contributed by atoms with Crippen LogP contribution in [0.25, 0.3) is 11.3 Å². The molecule has 0 spiro atoms. The zero-order valence-corrected chi connectivity index (χ0v) is 19.7. The molecule has 2 N–H and O–H groups in total. The number of benzene rings is 2. The summed E-state index contributed by atoms with van der Waals surface area (Å²) in [6, 6.07) is 12.0. The molecule has 0 amide bonds. The molecule has 3 aromatic rings. The average Bonchev–Trinajstić information content (AvgIpc) is 3.33. The summed E-state index contributed by atoms with van der Waals surface area (Å²) in [5.74, 6) is 3.05. The highest BCUT2D eigenvalue weighted by atomic mass is 16.5. The highest BCUT2D eigenvalue weighted by Crippen LogP contribution is 2.42. The number of rotatable bonds is 5. The van der Waals surface area contributed by atoms with Gasteiger partial charge in [-0.15, -0.1) is 0 Å². The first kappa shape index (κ1) is 21.9. The van der Waals surface area contributed by atoms with Crippen LogP contribution in [-0.4, -0.2) is 48.7 Å². The Hall–Kier alpha value is -3.65. The zero-order valence-electron chi connectivity index (χ0n) is 19.7. The lowest BCUT2D eigenvalue weighted by atomic mass is 9.90. The van der Waals surface area contributed by atoms with Crippen molar-refractivity contribution in [1.29, 1.82) is 0 Å². The smallest absolute Gasteiger partial charge is 0.220 e. The number of hydrogen-bond donors (Lipinski definition) is 1. The van der Waals surface area contributed by atoms with E-state index in [2.05, 4.69) is 28.2 Å². The lowest BCUT2D eigenvalue weighted by Crippen LogP contribution is -2.28. The van der Waals surface area contributed by atoms with Gasteiger partial charge in [-0.05, 0) is 48.4 Å². The number of aromatic nitrogens is 2. The molecule has 1 unspecified atom stereocenters. The molecular weight excluding hydrogens is 444 g/mol. The van der Waals surface area contributed by atoms with E-state index in [4.69, 9.17) is 29.7 Å². The molecule has 0 aliphatic carbocycles. The molecule has 0 bridgehead atoms. The van der Waals surface area contributed by atoms with Gasteiger partial charge in [0, 0.05) is 48.2 Å². The van der Waals surface area contributed by atoms with Gasteiger partial charge >= 0.3 is 0 Å². The first-order valence-corrected chi connectivity index (χ1v) is 12.0. The van der Waals surface area contributed by atoms with Crippen molar-refractivity contribution < 1.29 is 18.9 Å². The highest BCUT2D eigenvalue weighted by molar-refractivity contribution is 5.98. The molecule has 6 rings (SSSR count). The molecular formula is C27H28N4O4. The second kappa shape index (κ2) is 9.19. The summed E-state index contributed by atoms with van der Waals surface area (Å²) in [4.78, 5) is 13.5. The van der Waals surface area contributed by atoms with Gasteiger partial charge in [0.15, 0.2) is 0 Å². The molecule has 2 aromatic carbocycles. The Morgan fingerprint density at radius 3 is 2.80 bits per heavy atom. The first-order valence-electron chi connectivity index (χ1n) is 12.0. The summed E-state index contributed by atoms with van der Waals surface area (Å²) in [7, 11) is 1.68. The van der Waals surface area contributed by atoms with E-state index in [0.717, 1.165) is 89.9 Å². The maximum absolute atomic E-state index is 6.54. The molecule has 180 valence electrons. The number of anilines is 1. The standard InChI is InChI=1S/C27H28N4O4/c1-32-20-2-3-25-17(11-20)10-18(15-34-25)23-14-21-24(30-23)12-16(22-4-7-29-27(28)31-22)13-26(21)35-19-5-8-33-9-6-19/h2-4,7,11-13,18-19H,5-6,8-10,14-15H2,1H3,(H2,28,29,31). The molecule has 0 radical (unpaired) electrons. The molecule has 1 fully saturated rings. The summed E-state index contributed by atoms with van der Waals surface area (Å²) in [5, 5.41) is 0. The van der Waals surface area contributed by atoms with E-state index in [-0.39, 0.29) is 18.0 Å². The second-order valence-corrected chi connectivity index (χ2v) is 9.17. The van der Waals surface area contributed by atoms with Crippen LogP contribution in [-0.2, 0) is 17.6 Å². The van der Waals surface area contributed by atoms with E-state index in [1.54, 1.807) is 13.3 Å². The summed E-state index contributed by atoms with van der Waals surface area (Å²) in [5.41, 5.74) is 11.8. The predicted molar refractivity (Wildman–Crippen MR) is 133 cm³/mol. The van der Waals surface area contributed by atoms with Crippen LogP contribution < -0.4 is 19.9 Å². The summed E-state index contributed by atoms with van der Waals surface area (Å²) >= 11 is 0. The lowest BCUT2D eigenvalue weighted by Gasteiger charge is -2.26. The van der Waals surface area contributed by atoms with E-state index >= 15 is 0 Å². The van der Waals surface area contributed by atoms with Crippen molar-refractivity contribution in [2.45, 2.75) is 31.8 Å². The number of aliphatic imine (C=N–C) groups is 1. The summed E-state index contributed by atoms with van der Waals surface area (Å²) in [6.45, 7) is 2.05. The predicted octanol–water partition coefficient (Wildman–Crippen LogP) is 4.17. The fourth-order valence-corrected chi connectivity index (χ4v) is 4.99. The van der Waals surface area contributed by atoms with Crippen LogP contribution >= 0.6 is 0 Å². The number of nitrogen functional groups attached to an aromatic ring is 1. The first-order chi connectivity index (χ1) is 17.2. The maximum Gasteiger partial charge on any atom is 0.220 e. The van der Waals surface area contributed by atoms with Crippen LogP contribution in [0.3, 0.4) is 0 Å². The number of nitrogens with zero attached hydrogens (tertiary/aromatic N) is 3. The zero-order chi connectivity index (χ0) is 23.8. The minimum Gasteiger partial charge on any atom is -0.497 e. The normalized spacial score (nSPS) is 19.3. The van der Waals surface area contributed by atoms with Gasteiger partial charge in [0.25, 0.3) is 0 Å². The fraction of sp³-hybridized carbons (Fsp3) is 0.370. The Kier molecular flexibility index (Phi) is 5.74. The van der Waals surface area contributed by atoms with Crippen LogP contribution in [0.5, 0.6) is 17.2 Å². The van der Waals surface area contributed by atoms with Gasteiger partial charge in [0.05, 0.1) is 38.3 Å². The third-order valence-corrected chi connectivity index (χ3v) is 6.88. The largest absolute Gasteiger partial charge is 0.497 e. The van der Waals surface area contributed by atoms with Gasteiger partial charge in [-0.2, -0.15) is 0 Å². The Bertz CT molecular complexity index is 1290. The van der Waals surface area contributed by atoms with Gasteiger partial charge < -0.3 is 24.7 Å². The van der Waals surface area contributed by atoms with E-state index < -0.39 is 0 Å². The molecule has 1 saturated heterocycles. The lowest BCUT2D eigenvalue weighted by molar-refractivity contribution is 0.0253. The third kappa shape index (κ3) is 4.41. The van der Waals surface area contributed by atoms with Crippen LogP contribution in [0, 0.1) is 5.92 Å². The minimum absolute atomic E-state index is 0.125. The Labute approximate surface area is 204 Å². The maximum atomic E-state index is 6.54. The van der Waals surface area contributed by atoms with Gasteiger partial charge in [-0.3, -0.25) is 4.99 Å². The number of hydrogen-bond acceptors (Lipinski definition) is 8. The fourth-order valence-electron chi connectivity index (χ4n) is 4.99. The van der Waals surface area contributed by atoms with E-state index in [0.29, 0.717) is 6.61 Å². The molecule has 8 nitrogen and oxygen atoms in total. The van der Waals surface area contributed by atoms with Crippen molar-refractivity contribution in [3.05, 3.63) is 53.7 Å². The quantitative estimate of drug-likeness (QED) is 0.595. The number of methoxy groups -OCH3 is 1. The Morgan fingerprint density at radius 2 is 1.97 bits per heavy atom. The SMILES string of the molecule is COc1ccc2c(c1)CC(C1=Nc3cc(-c4ccnc(N)n4)cc(OC4CCOCC4)c3C1)CO2. The van der Waals surface area contributed by atoms with E-state index in [1.165, 1.54) is 0 Å². The number of nitrogens with two attached hydrogens (primary N) is 1. The molecule has 3 aliphatic heterocycles. The molecule has 1 atom stereocenters. The Morgan fingerprint density at radius 1 is 1.09 bits per heavy atom. The number of ether oxygens (including phenoxy) is 4. The van der Waals surface area contributed by atoms with Crippen molar-refractivity contribution in [3.63, 3.8) is 0 Å². The highest BCUT2D eigenvalue weighted by Gasteiger charge is 2.31. The monoisotopic (exact) mass is 472 g/mol. The van der Waals surface area contributed by atoms with Crippen molar-refractivity contribution in [2.75, 3.05) is 32.7 Å². The van der Waals surface area contributed by atoms with Gasteiger partial charge in [-0.1, -0.05) is 0 Å². The third-order valence-electron chi connectivity index (χ3n) is 6.88. The van der Waals surface area contributed by atoms with E-state index in [9.17, 15) is 0 Å². The van der Waals surface area contributed by atoms with Crippen molar-refractivity contribution >= 4 is 17.3 Å². The molecule has 1 aromatic heterocycles. The van der Waals surface area contributed by atoms with Gasteiger partial charge in [0.1, 0.15) is 23.4 Å². The van der Waals surface area contributed by atoms with Crippen LogP contribution in [0.1, 0.15) is 24.0 Å². The Balaban J connectivity index is 1.32. The second-order valence-electron chi connectivity index (χ2n) is 9.17. The molecule has 8 heteroatoms. The molecule has 35 heavy (non-hydrogen) atoms. The van der Waals surface area contributed by atoms with Crippen molar-refractivity contribution in [1.82, 2.24) is 9.97 Å². The van der Waals surface area contributed by atoms with Crippen LogP contribution in [0.4, 0.5) is 11.6 Å². The molecule has 0 saturated carbocycles. The van der Waals surface area contributed by atoms with Crippen molar-refractivity contribution in [2.24, 2.45) is 10.9 Å². The minimum atomic E-state index is 0.125. The molecule has 3 aliphatic rings. The average molecular weight is 473 g/mol. The van der Waals surface area contributed by atoms with Crippen molar-refractivity contribution in [3.8, 4) is 28.5 Å². The van der Waals surface area contributed by atoms with Gasteiger partial charge in [0.2, 0.25) is 5.95 Å². The summed E-state index contributed by atoms with van der Waals surface area (Å²) < 4.78 is 23.6.